The quantitative estimate of drug-likeness (QED) is 0.317. The average molecular weight is 476 g/mol. The number of allylic oxidation sites excluding steroid dienone is 1. The van der Waals surface area contributed by atoms with Crippen LogP contribution in [0.2, 0.25) is 0 Å². The Balaban J connectivity index is 0.00000274. The summed E-state index contributed by atoms with van der Waals surface area (Å²) >= 11 is 0. The maximum Gasteiger partial charge on any atom is 0.195 e. The molecule has 0 N–H and O–H groups in total. The van der Waals surface area contributed by atoms with Crippen LogP contribution in [0.1, 0.15) is 32.6 Å². The van der Waals surface area contributed by atoms with Crippen LogP contribution in [-0.4, -0.2) is 17.4 Å². The summed E-state index contributed by atoms with van der Waals surface area (Å²) in [5.74, 6) is -1.07. The van der Waals surface area contributed by atoms with Crippen LogP contribution < -0.4 is 4.74 Å². The molecule has 0 amide bonds. The molecular weight excluding hydrogens is 456 g/mol. The lowest BCUT2D eigenvalue weighted by Gasteiger charge is -2.10. The number of ether oxygens (including phenoxy) is 1. The molecule has 0 spiro atoms. The van der Waals surface area contributed by atoms with Crippen LogP contribution in [0.3, 0.4) is 0 Å². The maximum absolute atomic E-state index is 14.0. The predicted molar refractivity (Wildman–Crippen MR) is 130 cm³/mol. The standard InChI is InChI=1S/C28H19F2NO2.ClH/c29-21-13-20(14-22(30)15-21)26-24-9-8-23(33-12-10-18-5-2-1-3-6-18)16-25(24)28(32)27(26)19-7-4-11-31-17-19;/h1-9,11,13-17H,10,12H2;1H. The highest BCUT2D eigenvalue weighted by Gasteiger charge is 2.32. The summed E-state index contributed by atoms with van der Waals surface area (Å²) in [7, 11) is 0. The summed E-state index contributed by atoms with van der Waals surface area (Å²) in [6.07, 6.45) is 3.92. The smallest absolute Gasteiger partial charge is 0.195 e. The largest absolute Gasteiger partial charge is 0.493 e. The van der Waals surface area contributed by atoms with E-state index in [9.17, 15) is 13.6 Å². The minimum absolute atomic E-state index is 0. The molecule has 0 bridgehead atoms. The number of rotatable bonds is 6. The van der Waals surface area contributed by atoms with Gasteiger partial charge in [-0.2, -0.15) is 0 Å². The Morgan fingerprint density at radius 2 is 1.53 bits per heavy atom. The van der Waals surface area contributed by atoms with Gasteiger partial charge in [0.05, 0.1) is 6.61 Å². The van der Waals surface area contributed by atoms with Gasteiger partial charge in [-0.3, -0.25) is 9.78 Å². The van der Waals surface area contributed by atoms with Gasteiger partial charge in [-0.05, 0) is 53.1 Å². The summed E-state index contributed by atoms with van der Waals surface area (Å²) in [5.41, 5.74) is 3.94. The molecule has 3 aromatic carbocycles. The molecule has 0 radical (unpaired) electrons. The molecule has 170 valence electrons. The topological polar surface area (TPSA) is 39.2 Å². The summed E-state index contributed by atoms with van der Waals surface area (Å²) in [6.45, 7) is 0.460. The number of carbonyl (C=O) groups is 1. The van der Waals surface area contributed by atoms with E-state index in [1.807, 2.05) is 30.3 Å². The first kappa shape index (κ1) is 23.3. The van der Waals surface area contributed by atoms with Gasteiger partial charge in [0.25, 0.3) is 0 Å². The van der Waals surface area contributed by atoms with Gasteiger partial charge in [0.1, 0.15) is 17.4 Å². The number of nitrogens with zero attached hydrogens (tertiary/aromatic N) is 1. The number of Topliss-reactive ketones (excluding diaryl/α,β-unsaturated/α-hetero) is 1. The van der Waals surface area contributed by atoms with Crippen molar-refractivity contribution in [3.63, 3.8) is 0 Å². The molecule has 0 fully saturated rings. The molecule has 1 aromatic heterocycles. The fourth-order valence-electron chi connectivity index (χ4n) is 4.12. The van der Waals surface area contributed by atoms with Gasteiger partial charge in [-0.15, -0.1) is 12.4 Å². The van der Waals surface area contributed by atoms with Crippen molar-refractivity contribution in [2.75, 3.05) is 6.61 Å². The van der Waals surface area contributed by atoms with Crippen LogP contribution in [-0.2, 0) is 6.42 Å². The van der Waals surface area contributed by atoms with Crippen molar-refractivity contribution in [3.8, 4) is 5.75 Å². The highest BCUT2D eigenvalue weighted by Crippen LogP contribution is 2.43. The first-order valence-corrected chi connectivity index (χ1v) is 10.6. The van der Waals surface area contributed by atoms with Gasteiger partial charge < -0.3 is 4.74 Å². The lowest BCUT2D eigenvalue weighted by Crippen LogP contribution is -2.03. The van der Waals surface area contributed by atoms with Gasteiger partial charge in [0, 0.05) is 47.2 Å². The number of carbonyl (C=O) groups excluding carboxylic acids is 1. The molecule has 3 nitrogen and oxygen atoms in total. The number of fused-ring (bicyclic) bond motifs is 1. The van der Waals surface area contributed by atoms with E-state index in [-0.39, 0.29) is 18.2 Å². The molecule has 1 heterocycles. The SMILES string of the molecule is Cl.O=C1C(c2cccnc2)=C(c2cc(F)cc(F)c2)c2ccc(OCCc3ccccc3)cc21. The normalized spacial score (nSPS) is 12.4. The Morgan fingerprint density at radius 1 is 0.765 bits per heavy atom. The van der Waals surface area contributed by atoms with E-state index in [0.29, 0.717) is 45.8 Å². The fourth-order valence-corrected chi connectivity index (χ4v) is 4.12. The van der Waals surface area contributed by atoms with E-state index < -0.39 is 11.6 Å². The van der Waals surface area contributed by atoms with Gasteiger partial charge in [0.15, 0.2) is 5.78 Å². The van der Waals surface area contributed by atoms with Crippen molar-refractivity contribution in [2.24, 2.45) is 0 Å². The number of benzene rings is 3. The highest BCUT2D eigenvalue weighted by atomic mass is 35.5. The number of hydrogen-bond donors (Lipinski definition) is 0. The molecule has 0 saturated heterocycles. The molecule has 1 aliphatic carbocycles. The van der Waals surface area contributed by atoms with Crippen LogP contribution in [0, 0.1) is 11.6 Å². The number of pyridine rings is 1. The maximum atomic E-state index is 14.0. The van der Waals surface area contributed by atoms with Crippen LogP contribution >= 0.6 is 12.4 Å². The summed E-state index contributed by atoms with van der Waals surface area (Å²) in [4.78, 5) is 17.6. The van der Waals surface area contributed by atoms with Gasteiger partial charge in [-0.1, -0.05) is 36.4 Å². The van der Waals surface area contributed by atoms with Crippen LogP contribution in [0.25, 0.3) is 11.1 Å². The van der Waals surface area contributed by atoms with Gasteiger partial charge >= 0.3 is 0 Å². The fraction of sp³-hybridized carbons (Fsp3) is 0.0714. The molecule has 0 saturated carbocycles. The Kier molecular flexibility index (Phi) is 6.85. The summed E-state index contributed by atoms with van der Waals surface area (Å²) in [5, 5.41) is 0. The van der Waals surface area contributed by atoms with Crippen molar-refractivity contribution in [1.29, 1.82) is 0 Å². The predicted octanol–water partition coefficient (Wildman–Crippen LogP) is 6.56. The first-order chi connectivity index (χ1) is 16.1. The van der Waals surface area contributed by atoms with Crippen molar-refractivity contribution >= 4 is 29.3 Å². The minimum Gasteiger partial charge on any atom is -0.493 e. The van der Waals surface area contributed by atoms with E-state index in [1.54, 1.807) is 42.7 Å². The van der Waals surface area contributed by atoms with Crippen LogP contribution in [0.4, 0.5) is 8.78 Å². The zero-order valence-electron chi connectivity index (χ0n) is 18.0. The first-order valence-electron chi connectivity index (χ1n) is 10.6. The molecular formula is C28H20ClF2NO2. The third-order valence-corrected chi connectivity index (χ3v) is 5.59. The van der Waals surface area contributed by atoms with Crippen molar-refractivity contribution < 1.29 is 18.3 Å². The van der Waals surface area contributed by atoms with E-state index in [0.717, 1.165) is 18.1 Å². The molecule has 5 rings (SSSR count). The van der Waals surface area contributed by atoms with E-state index in [1.165, 1.54) is 12.1 Å². The molecule has 4 aromatic rings. The number of hydrogen-bond acceptors (Lipinski definition) is 3. The Bertz CT molecular complexity index is 1350. The third-order valence-electron chi connectivity index (χ3n) is 5.59. The minimum atomic E-state index is -0.704. The highest BCUT2D eigenvalue weighted by molar-refractivity contribution is 6.41. The second-order valence-electron chi connectivity index (χ2n) is 7.77. The average Bonchev–Trinajstić information content (AvgIpc) is 3.12. The molecule has 0 atom stereocenters. The molecule has 1 aliphatic rings. The summed E-state index contributed by atoms with van der Waals surface area (Å²) < 4.78 is 34.0. The van der Waals surface area contributed by atoms with E-state index >= 15 is 0 Å². The Hall–Kier alpha value is -3.83. The van der Waals surface area contributed by atoms with Gasteiger partial charge in [0.2, 0.25) is 0 Å². The zero-order chi connectivity index (χ0) is 22.8. The lowest BCUT2D eigenvalue weighted by molar-refractivity contribution is 0.105. The molecule has 0 aliphatic heterocycles. The molecule has 0 unspecified atom stereocenters. The number of aromatic nitrogens is 1. The number of halogens is 3. The van der Waals surface area contributed by atoms with Crippen LogP contribution in [0.15, 0.2) is 91.3 Å². The van der Waals surface area contributed by atoms with Gasteiger partial charge in [-0.25, -0.2) is 8.78 Å². The zero-order valence-corrected chi connectivity index (χ0v) is 18.8. The molecule has 6 heteroatoms. The lowest BCUT2D eigenvalue weighted by atomic mass is 9.95. The summed E-state index contributed by atoms with van der Waals surface area (Å²) in [6, 6.07) is 22.0. The third kappa shape index (κ3) is 4.61. The van der Waals surface area contributed by atoms with E-state index in [2.05, 4.69) is 4.98 Å². The molecule has 34 heavy (non-hydrogen) atoms. The second kappa shape index (κ2) is 9.98. The number of ketones is 1. The van der Waals surface area contributed by atoms with Crippen LogP contribution in [0.5, 0.6) is 5.75 Å². The van der Waals surface area contributed by atoms with Crippen molar-refractivity contribution in [2.45, 2.75) is 6.42 Å². The second-order valence-corrected chi connectivity index (χ2v) is 7.77. The van der Waals surface area contributed by atoms with E-state index in [4.69, 9.17) is 4.74 Å². The van der Waals surface area contributed by atoms with Crippen molar-refractivity contribution in [3.05, 3.63) is 131 Å². The Morgan fingerprint density at radius 3 is 2.24 bits per heavy atom. The Labute approximate surface area is 202 Å². The van der Waals surface area contributed by atoms with Crippen molar-refractivity contribution in [1.82, 2.24) is 4.98 Å². The monoisotopic (exact) mass is 475 g/mol.